The summed E-state index contributed by atoms with van der Waals surface area (Å²) in [5, 5.41) is 14.3. The number of aliphatic carboxylic acids is 1. The van der Waals surface area contributed by atoms with E-state index in [4.69, 9.17) is 21.1 Å². The van der Waals surface area contributed by atoms with Crippen molar-refractivity contribution in [3.8, 4) is 5.75 Å². The highest BCUT2D eigenvalue weighted by molar-refractivity contribution is 6.30. The minimum absolute atomic E-state index is 0.172. The third-order valence-corrected chi connectivity index (χ3v) is 7.69. The van der Waals surface area contributed by atoms with Gasteiger partial charge < -0.3 is 19.9 Å². The zero-order valence-electron chi connectivity index (χ0n) is 22.7. The summed E-state index contributed by atoms with van der Waals surface area (Å²) in [6.07, 6.45) is 4.12. The summed E-state index contributed by atoms with van der Waals surface area (Å²) < 4.78 is 11.7. The Bertz CT molecular complexity index is 1330. The second-order valence-corrected chi connectivity index (χ2v) is 10.5. The van der Waals surface area contributed by atoms with Crippen LogP contribution in [0.5, 0.6) is 5.75 Å². The van der Waals surface area contributed by atoms with Crippen molar-refractivity contribution in [2.75, 3.05) is 6.61 Å². The summed E-state index contributed by atoms with van der Waals surface area (Å²) in [7, 11) is 0. The molecular weight excluding hydrogens is 530 g/mol. The van der Waals surface area contributed by atoms with Crippen LogP contribution in [0.2, 0.25) is 5.02 Å². The highest BCUT2D eigenvalue weighted by Gasteiger charge is 2.52. The molecule has 0 radical (unpaired) electrons. The van der Waals surface area contributed by atoms with Gasteiger partial charge in [0.15, 0.2) is 0 Å². The third kappa shape index (κ3) is 6.31. The Hall–Kier alpha value is -3.84. The number of benzene rings is 3. The van der Waals surface area contributed by atoms with Gasteiger partial charge in [-0.3, -0.25) is 4.79 Å². The molecule has 2 unspecified atom stereocenters. The normalized spacial score (nSPS) is 15.9. The number of carboxylic acids is 1. The van der Waals surface area contributed by atoms with Crippen molar-refractivity contribution in [2.45, 2.75) is 57.6 Å². The minimum atomic E-state index is -1.78. The summed E-state index contributed by atoms with van der Waals surface area (Å²) in [6.45, 7) is 3.75. The first-order chi connectivity index (χ1) is 19.3. The fourth-order valence-electron chi connectivity index (χ4n) is 5.37. The number of hydrogen-bond donors (Lipinski definition) is 2. The molecule has 2 N–H and O–H groups in total. The summed E-state index contributed by atoms with van der Waals surface area (Å²) in [5.41, 5.74) is 0.0167. The first kappa shape index (κ1) is 29.2. The maximum Gasteiger partial charge on any atom is 0.353 e. The SMILES string of the molecule is CCOC(=O)c1ccccc1C(Oc1ccc(C(C)NC(=O)c2ccc(Cl)cc2)cc1)(C(=O)O)C1CCCCC1. The van der Waals surface area contributed by atoms with E-state index in [-0.39, 0.29) is 30.0 Å². The third-order valence-electron chi connectivity index (χ3n) is 7.43. The summed E-state index contributed by atoms with van der Waals surface area (Å²) in [4.78, 5) is 38.7. The Kier molecular flexibility index (Phi) is 9.48. The van der Waals surface area contributed by atoms with E-state index in [1.165, 1.54) is 0 Å². The quantitative estimate of drug-likeness (QED) is 0.259. The minimum Gasteiger partial charge on any atom is -0.478 e. The number of carbonyl (C=O) groups is 3. The molecule has 1 amide bonds. The molecule has 2 atom stereocenters. The molecule has 0 heterocycles. The molecule has 4 rings (SSSR count). The van der Waals surface area contributed by atoms with Crippen LogP contribution in [0.3, 0.4) is 0 Å². The molecule has 1 fully saturated rings. The number of rotatable bonds is 10. The van der Waals surface area contributed by atoms with Gasteiger partial charge in [0.05, 0.1) is 18.2 Å². The van der Waals surface area contributed by atoms with E-state index in [1.807, 2.05) is 6.92 Å². The van der Waals surface area contributed by atoms with Gasteiger partial charge in [0.1, 0.15) is 5.75 Å². The number of ether oxygens (including phenoxy) is 2. The number of nitrogens with one attached hydrogen (secondary N) is 1. The van der Waals surface area contributed by atoms with E-state index in [0.29, 0.717) is 34.7 Å². The topological polar surface area (TPSA) is 102 Å². The molecule has 3 aromatic carbocycles. The zero-order valence-corrected chi connectivity index (χ0v) is 23.4. The highest BCUT2D eigenvalue weighted by atomic mass is 35.5. The van der Waals surface area contributed by atoms with Crippen LogP contribution in [0.1, 0.15) is 83.8 Å². The molecule has 0 aliphatic heterocycles. The number of amides is 1. The van der Waals surface area contributed by atoms with Crippen molar-refractivity contribution >= 4 is 29.4 Å². The Morgan fingerprint density at radius 3 is 2.25 bits per heavy atom. The van der Waals surface area contributed by atoms with Gasteiger partial charge in [-0.05, 0) is 74.7 Å². The fourth-order valence-corrected chi connectivity index (χ4v) is 5.50. The molecule has 1 saturated carbocycles. The van der Waals surface area contributed by atoms with Crippen molar-refractivity contribution < 1.29 is 29.0 Å². The molecule has 0 bridgehead atoms. The number of esters is 1. The molecule has 0 saturated heterocycles. The number of hydrogen-bond acceptors (Lipinski definition) is 5. The van der Waals surface area contributed by atoms with Crippen molar-refractivity contribution in [3.63, 3.8) is 0 Å². The van der Waals surface area contributed by atoms with Crippen LogP contribution < -0.4 is 10.1 Å². The Morgan fingerprint density at radius 1 is 0.975 bits per heavy atom. The van der Waals surface area contributed by atoms with E-state index >= 15 is 0 Å². The first-order valence-corrected chi connectivity index (χ1v) is 14.0. The second kappa shape index (κ2) is 13.0. The summed E-state index contributed by atoms with van der Waals surface area (Å²) >= 11 is 5.92. The monoisotopic (exact) mass is 563 g/mol. The van der Waals surface area contributed by atoms with Gasteiger partial charge in [0.25, 0.3) is 5.91 Å². The van der Waals surface area contributed by atoms with Crippen LogP contribution in [-0.2, 0) is 15.1 Å². The van der Waals surface area contributed by atoms with E-state index in [9.17, 15) is 19.5 Å². The Labute approximate surface area is 239 Å². The molecule has 0 spiro atoms. The van der Waals surface area contributed by atoms with Crippen LogP contribution in [0.4, 0.5) is 0 Å². The molecule has 3 aromatic rings. The molecule has 1 aliphatic carbocycles. The van der Waals surface area contributed by atoms with E-state index in [0.717, 1.165) is 24.8 Å². The smallest absolute Gasteiger partial charge is 0.353 e. The second-order valence-electron chi connectivity index (χ2n) is 10.0. The van der Waals surface area contributed by atoms with Crippen molar-refractivity contribution in [1.82, 2.24) is 5.32 Å². The zero-order chi connectivity index (χ0) is 28.7. The van der Waals surface area contributed by atoms with Gasteiger partial charge in [-0.25, -0.2) is 9.59 Å². The lowest BCUT2D eigenvalue weighted by Gasteiger charge is -2.40. The molecule has 210 valence electrons. The first-order valence-electron chi connectivity index (χ1n) is 13.6. The lowest BCUT2D eigenvalue weighted by molar-refractivity contribution is -0.164. The van der Waals surface area contributed by atoms with E-state index in [1.54, 1.807) is 79.7 Å². The van der Waals surface area contributed by atoms with Gasteiger partial charge >= 0.3 is 11.9 Å². The lowest BCUT2D eigenvalue weighted by atomic mass is 9.72. The van der Waals surface area contributed by atoms with Crippen LogP contribution in [0.25, 0.3) is 0 Å². The number of carboxylic acid groups (broad SMARTS) is 1. The summed E-state index contributed by atoms with van der Waals surface area (Å²) in [6, 6.07) is 20.0. The average Bonchev–Trinajstić information content (AvgIpc) is 2.97. The van der Waals surface area contributed by atoms with Crippen LogP contribution in [0.15, 0.2) is 72.8 Å². The van der Waals surface area contributed by atoms with Crippen molar-refractivity contribution in [3.05, 3.63) is 100 Å². The number of halogens is 1. The molecule has 40 heavy (non-hydrogen) atoms. The van der Waals surface area contributed by atoms with Gasteiger partial charge in [-0.15, -0.1) is 0 Å². The van der Waals surface area contributed by atoms with Gasteiger partial charge in [0, 0.05) is 22.1 Å². The highest BCUT2D eigenvalue weighted by Crippen LogP contribution is 2.44. The molecule has 8 heteroatoms. The summed E-state index contributed by atoms with van der Waals surface area (Å²) in [5.74, 6) is -1.95. The average molecular weight is 564 g/mol. The lowest BCUT2D eigenvalue weighted by Crippen LogP contribution is -2.50. The molecular formula is C32H34ClNO6. The van der Waals surface area contributed by atoms with Gasteiger partial charge in [-0.1, -0.05) is 61.2 Å². The predicted octanol–water partition coefficient (Wildman–Crippen LogP) is 6.95. The van der Waals surface area contributed by atoms with Crippen molar-refractivity contribution in [1.29, 1.82) is 0 Å². The number of carbonyl (C=O) groups excluding carboxylic acids is 2. The fraction of sp³-hybridized carbons (Fsp3) is 0.344. The molecule has 1 aliphatic rings. The molecule has 0 aromatic heterocycles. The predicted molar refractivity (Wildman–Crippen MR) is 153 cm³/mol. The maximum absolute atomic E-state index is 13.2. The largest absolute Gasteiger partial charge is 0.478 e. The van der Waals surface area contributed by atoms with Crippen LogP contribution >= 0.6 is 11.6 Å². The van der Waals surface area contributed by atoms with E-state index in [2.05, 4.69) is 5.32 Å². The molecule has 7 nitrogen and oxygen atoms in total. The standard InChI is InChI=1S/C32H34ClNO6/c1-3-39-30(36)27-11-7-8-12-28(27)32(31(37)38,24-9-5-4-6-10-24)40-26-19-15-22(16-20-26)21(2)34-29(35)23-13-17-25(33)18-14-23/h7-8,11-21,24H,3-6,9-10H2,1-2H3,(H,34,35)(H,37,38). The van der Waals surface area contributed by atoms with E-state index < -0.39 is 17.5 Å². The Morgan fingerprint density at radius 2 is 1.62 bits per heavy atom. The maximum atomic E-state index is 13.2. The Balaban J connectivity index is 1.64. The van der Waals surface area contributed by atoms with Gasteiger partial charge in [-0.2, -0.15) is 0 Å². The van der Waals surface area contributed by atoms with Gasteiger partial charge in [0.2, 0.25) is 5.60 Å². The van der Waals surface area contributed by atoms with Crippen LogP contribution in [-0.4, -0.2) is 29.6 Å². The van der Waals surface area contributed by atoms with Crippen LogP contribution in [0, 0.1) is 5.92 Å². The van der Waals surface area contributed by atoms with Crippen molar-refractivity contribution in [2.24, 2.45) is 5.92 Å².